The molecule has 0 spiro atoms. The predicted octanol–water partition coefficient (Wildman–Crippen LogP) is -0.207. The molecule has 0 rings (SSSR count). The van der Waals surface area contributed by atoms with Crippen LogP contribution in [0.5, 0.6) is 0 Å². The van der Waals surface area contributed by atoms with E-state index in [1.807, 2.05) is 6.92 Å². The van der Waals surface area contributed by atoms with Crippen LogP contribution in [-0.4, -0.2) is 31.6 Å². The SMILES string of the molecule is CC[C@H](NCCCC(=O)OC)C(N)=O. The Morgan fingerprint density at radius 2 is 2.14 bits per heavy atom. The highest BCUT2D eigenvalue weighted by Gasteiger charge is 2.11. The summed E-state index contributed by atoms with van der Waals surface area (Å²) in [5.74, 6) is -0.593. The Morgan fingerprint density at radius 3 is 2.57 bits per heavy atom. The molecule has 0 saturated carbocycles. The highest BCUT2D eigenvalue weighted by Crippen LogP contribution is 1.93. The van der Waals surface area contributed by atoms with Crippen LogP contribution in [0.1, 0.15) is 26.2 Å². The van der Waals surface area contributed by atoms with Crippen molar-refractivity contribution < 1.29 is 14.3 Å². The smallest absolute Gasteiger partial charge is 0.305 e. The number of rotatable bonds is 7. The van der Waals surface area contributed by atoms with Crippen molar-refractivity contribution in [3.63, 3.8) is 0 Å². The van der Waals surface area contributed by atoms with Gasteiger partial charge in [0.05, 0.1) is 13.2 Å². The molecule has 0 aromatic carbocycles. The van der Waals surface area contributed by atoms with Gasteiger partial charge in [0.2, 0.25) is 5.91 Å². The number of methoxy groups -OCH3 is 1. The summed E-state index contributed by atoms with van der Waals surface area (Å²) in [7, 11) is 1.36. The first kappa shape index (κ1) is 12.9. The lowest BCUT2D eigenvalue weighted by molar-refractivity contribution is -0.140. The van der Waals surface area contributed by atoms with E-state index in [1.165, 1.54) is 7.11 Å². The van der Waals surface area contributed by atoms with Crippen LogP contribution in [0.4, 0.5) is 0 Å². The molecular weight excluding hydrogens is 184 g/mol. The van der Waals surface area contributed by atoms with Crippen molar-refractivity contribution >= 4 is 11.9 Å². The van der Waals surface area contributed by atoms with Gasteiger partial charge in [-0.2, -0.15) is 0 Å². The number of esters is 1. The van der Waals surface area contributed by atoms with Gasteiger partial charge in [-0.05, 0) is 19.4 Å². The second-order valence-corrected chi connectivity index (χ2v) is 3.00. The van der Waals surface area contributed by atoms with Gasteiger partial charge in [-0.1, -0.05) is 6.92 Å². The van der Waals surface area contributed by atoms with E-state index in [1.54, 1.807) is 0 Å². The zero-order chi connectivity index (χ0) is 11.0. The molecule has 0 saturated heterocycles. The minimum Gasteiger partial charge on any atom is -0.469 e. The van der Waals surface area contributed by atoms with Crippen molar-refractivity contribution in [1.82, 2.24) is 5.32 Å². The molecule has 0 radical (unpaired) electrons. The van der Waals surface area contributed by atoms with Gasteiger partial charge in [0.15, 0.2) is 0 Å². The molecule has 1 amide bonds. The molecule has 0 aliphatic carbocycles. The fraction of sp³-hybridized carbons (Fsp3) is 0.778. The summed E-state index contributed by atoms with van der Waals surface area (Å²) in [5.41, 5.74) is 5.12. The van der Waals surface area contributed by atoms with E-state index in [9.17, 15) is 9.59 Å². The van der Waals surface area contributed by atoms with Gasteiger partial charge >= 0.3 is 5.97 Å². The fourth-order valence-corrected chi connectivity index (χ4v) is 1.06. The Bertz CT molecular complexity index is 194. The number of nitrogens with two attached hydrogens (primary N) is 1. The minimum absolute atomic E-state index is 0.237. The Balaban J connectivity index is 3.52. The maximum absolute atomic E-state index is 10.8. The number of hydrogen-bond donors (Lipinski definition) is 2. The maximum Gasteiger partial charge on any atom is 0.305 e. The molecule has 0 heterocycles. The van der Waals surface area contributed by atoms with Crippen LogP contribution in [0, 0.1) is 0 Å². The molecule has 3 N–H and O–H groups in total. The van der Waals surface area contributed by atoms with Crippen molar-refractivity contribution in [2.24, 2.45) is 5.73 Å². The van der Waals surface area contributed by atoms with Gasteiger partial charge in [-0.15, -0.1) is 0 Å². The highest BCUT2D eigenvalue weighted by molar-refractivity contribution is 5.79. The Kier molecular flexibility index (Phi) is 6.74. The van der Waals surface area contributed by atoms with Crippen LogP contribution in [0.2, 0.25) is 0 Å². The molecule has 1 atom stereocenters. The third-order valence-corrected chi connectivity index (χ3v) is 1.93. The number of hydrogen-bond acceptors (Lipinski definition) is 4. The molecule has 0 aromatic heterocycles. The summed E-state index contributed by atoms with van der Waals surface area (Å²) >= 11 is 0. The molecule has 82 valence electrons. The van der Waals surface area contributed by atoms with Crippen LogP contribution in [0.25, 0.3) is 0 Å². The first-order valence-electron chi connectivity index (χ1n) is 4.71. The molecule has 0 bridgehead atoms. The van der Waals surface area contributed by atoms with E-state index in [0.29, 0.717) is 25.8 Å². The topological polar surface area (TPSA) is 81.4 Å². The first-order valence-corrected chi connectivity index (χ1v) is 4.71. The van der Waals surface area contributed by atoms with Gasteiger partial charge in [0, 0.05) is 6.42 Å². The summed E-state index contributed by atoms with van der Waals surface area (Å²) in [6.45, 7) is 2.47. The molecule has 0 aliphatic heterocycles. The summed E-state index contributed by atoms with van der Waals surface area (Å²) in [4.78, 5) is 21.5. The normalized spacial score (nSPS) is 12.1. The van der Waals surface area contributed by atoms with E-state index < -0.39 is 0 Å². The average molecular weight is 202 g/mol. The largest absolute Gasteiger partial charge is 0.469 e. The molecule has 14 heavy (non-hydrogen) atoms. The maximum atomic E-state index is 10.8. The second kappa shape index (κ2) is 7.32. The van der Waals surface area contributed by atoms with E-state index in [0.717, 1.165) is 0 Å². The molecule has 0 unspecified atom stereocenters. The van der Waals surface area contributed by atoms with Crippen molar-refractivity contribution in [3.8, 4) is 0 Å². The van der Waals surface area contributed by atoms with Gasteiger partial charge in [-0.25, -0.2) is 0 Å². The molecule has 0 aliphatic rings. The Hall–Kier alpha value is -1.10. The van der Waals surface area contributed by atoms with Crippen LogP contribution in [0.3, 0.4) is 0 Å². The van der Waals surface area contributed by atoms with Crippen molar-refractivity contribution in [1.29, 1.82) is 0 Å². The number of primary amides is 1. The summed E-state index contributed by atoms with van der Waals surface area (Å²) < 4.78 is 4.47. The third kappa shape index (κ3) is 5.53. The molecular formula is C9H18N2O3. The zero-order valence-corrected chi connectivity index (χ0v) is 8.71. The van der Waals surface area contributed by atoms with E-state index in [2.05, 4.69) is 10.1 Å². The summed E-state index contributed by atoms with van der Waals surface area (Å²) in [6, 6.07) is -0.298. The number of ether oxygens (including phenoxy) is 1. The lowest BCUT2D eigenvalue weighted by Crippen LogP contribution is -2.41. The number of carbonyl (C=O) groups is 2. The van der Waals surface area contributed by atoms with Gasteiger partial charge < -0.3 is 15.8 Å². The van der Waals surface area contributed by atoms with Gasteiger partial charge in [0.25, 0.3) is 0 Å². The monoisotopic (exact) mass is 202 g/mol. The van der Waals surface area contributed by atoms with Crippen LogP contribution in [-0.2, 0) is 14.3 Å². The average Bonchev–Trinajstić information content (AvgIpc) is 2.16. The van der Waals surface area contributed by atoms with E-state index in [4.69, 9.17) is 5.73 Å². The summed E-state index contributed by atoms with van der Waals surface area (Å²) in [5, 5.41) is 2.97. The standard InChI is InChI=1S/C9H18N2O3/c1-3-7(9(10)13)11-6-4-5-8(12)14-2/h7,11H,3-6H2,1-2H3,(H2,10,13)/t7-/m0/s1. The lowest BCUT2D eigenvalue weighted by Gasteiger charge is -2.12. The van der Waals surface area contributed by atoms with Crippen molar-refractivity contribution in [2.45, 2.75) is 32.2 Å². The van der Waals surface area contributed by atoms with Crippen LogP contribution in [0.15, 0.2) is 0 Å². The molecule has 5 nitrogen and oxygen atoms in total. The van der Waals surface area contributed by atoms with Gasteiger partial charge in [-0.3, -0.25) is 9.59 Å². The number of amides is 1. The Labute approximate surface area is 84.0 Å². The van der Waals surface area contributed by atoms with E-state index >= 15 is 0 Å². The number of nitrogens with one attached hydrogen (secondary N) is 1. The molecule has 5 heteroatoms. The molecule has 0 aromatic rings. The van der Waals surface area contributed by atoms with Gasteiger partial charge in [0.1, 0.15) is 0 Å². The van der Waals surface area contributed by atoms with Crippen molar-refractivity contribution in [2.75, 3.05) is 13.7 Å². The highest BCUT2D eigenvalue weighted by atomic mass is 16.5. The second-order valence-electron chi connectivity index (χ2n) is 3.00. The fourth-order valence-electron chi connectivity index (χ4n) is 1.06. The lowest BCUT2D eigenvalue weighted by atomic mass is 10.2. The third-order valence-electron chi connectivity index (χ3n) is 1.93. The summed E-state index contributed by atoms with van der Waals surface area (Å²) in [6.07, 6.45) is 1.67. The first-order chi connectivity index (χ1) is 6.61. The van der Waals surface area contributed by atoms with Crippen molar-refractivity contribution in [3.05, 3.63) is 0 Å². The van der Waals surface area contributed by atoms with E-state index in [-0.39, 0.29) is 17.9 Å². The zero-order valence-electron chi connectivity index (χ0n) is 8.71. The molecule has 0 fully saturated rings. The Morgan fingerprint density at radius 1 is 1.50 bits per heavy atom. The quantitative estimate of drug-likeness (QED) is 0.442. The van der Waals surface area contributed by atoms with Crippen LogP contribution >= 0.6 is 0 Å². The minimum atomic E-state index is -0.356. The predicted molar refractivity (Wildman–Crippen MR) is 52.5 cm³/mol. The van der Waals surface area contributed by atoms with Crippen LogP contribution < -0.4 is 11.1 Å². The number of carbonyl (C=O) groups excluding carboxylic acids is 2.